The van der Waals surface area contributed by atoms with E-state index in [1.807, 2.05) is 32.0 Å². The summed E-state index contributed by atoms with van der Waals surface area (Å²) in [6.45, 7) is 8.21. The number of hydrogen-bond donors (Lipinski definition) is 0. The van der Waals surface area contributed by atoms with Crippen molar-refractivity contribution in [2.45, 2.75) is 50.3 Å². The Bertz CT molecular complexity index is 567. The molecule has 4 atom stereocenters. The molecule has 0 saturated carbocycles. The maximum atomic E-state index is 6.16. The Kier molecular flexibility index (Phi) is 2.46. The van der Waals surface area contributed by atoms with Crippen molar-refractivity contribution in [1.29, 1.82) is 0 Å². The van der Waals surface area contributed by atoms with Gasteiger partial charge in [0, 0.05) is 5.56 Å². The van der Waals surface area contributed by atoms with Gasteiger partial charge in [-0.3, -0.25) is 0 Å². The van der Waals surface area contributed by atoms with Crippen LogP contribution in [0, 0.1) is 0 Å². The van der Waals surface area contributed by atoms with Crippen molar-refractivity contribution in [2.75, 3.05) is 0 Å². The first kappa shape index (κ1) is 12.5. The number of fused-ring (bicyclic) bond motifs is 4. The Morgan fingerprint density at radius 2 is 2.00 bits per heavy atom. The molecule has 0 bridgehead atoms. The van der Waals surface area contributed by atoms with Crippen LogP contribution in [-0.4, -0.2) is 24.1 Å². The lowest BCUT2D eigenvalue weighted by Crippen LogP contribution is -2.40. The lowest BCUT2D eigenvalue weighted by Gasteiger charge is -2.30. The zero-order chi connectivity index (χ0) is 14.0. The van der Waals surface area contributed by atoms with Gasteiger partial charge in [-0.25, -0.2) is 0 Å². The minimum absolute atomic E-state index is 0.186. The number of benzene rings is 1. The third-order valence-electron chi connectivity index (χ3n) is 4.21. The maximum absolute atomic E-state index is 6.16. The Hall–Kier alpha value is -1.20. The molecule has 0 amide bonds. The molecule has 106 valence electrons. The summed E-state index contributed by atoms with van der Waals surface area (Å²) in [6, 6.07) is 8.11. The first-order valence-corrected chi connectivity index (χ1v) is 6.94. The van der Waals surface area contributed by atoms with E-state index in [0.717, 1.165) is 11.1 Å². The molecule has 4 heteroatoms. The molecule has 3 aliphatic heterocycles. The van der Waals surface area contributed by atoms with Gasteiger partial charge in [0.25, 0.3) is 0 Å². The van der Waals surface area contributed by atoms with Gasteiger partial charge in [-0.1, -0.05) is 30.3 Å². The molecule has 3 aliphatic rings. The van der Waals surface area contributed by atoms with Crippen LogP contribution >= 0.6 is 0 Å². The Labute approximate surface area is 118 Å². The van der Waals surface area contributed by atoms with E-state index in [0.29, 0.717) is 6.61 Å². The van der Waals surface area contributed by atoms with Crippen molar-refractivity contribution in [3.05, 3.63) is 48.0 Å². The highest BCUT2D eigenvalue weighted by molar-refractivity contribution is 5.37. The molecule has 20 heavy (non-hydrogen) atoms. The summed E-state index contributed by atoms with van der Waals surface area (Å²) in [5.41, 5.74) is 2.19. The van der Waals surface area contributed by atoms with E-state index in [4.69, 9.17) is 18.9 Å². The second-order valence-corrected chi connectivity index (χ2v) is 5.95. The van der Waals surface area contributed by atoms with Crippen LogP contribution < -0.4 is 0 Å². The second kappa shape index (κ2) is 3.92. The molecule has 0 aliphatic carbocycles. The molecular formula is C16H18O4. The molecule has 4 rings (SSSR count). The molecule has 1 aromatic rings. The molecule has 2 fully saturated rings. The topological polar surface area (TPSA) is 36.9 Å². The molecule has 0 radical (unpaired) electrons. The first-order valence-electron chi connectivity index (χ1n) is 6.94. The van der Waals surface area contributed by atoms with Gasteiger partial charge in [0.15, 0.2) is 5.79 Å². The summed E-state index contributed by atoms with van der Waals surface area (Å²) in [5.74, 6) is -1.50. The third kappa shape index (κ3) is 1.50. The van der Waals surface area contributed by atoms with Crippen LogP contribution in [0.1, 0.15) is 25.0 Å². The Morgan fingerprint density at radius 1 is 1.20 bits per heavy atom. The van der Waals surface area contributed by atoms with Gasteiger partial charge < -0.3 is 18.9 Å². The number of rotatable bonds is 1. The van der Waals surface area contributed by atoms with E-state index < -0.39 is 11.6 Å². The Morgan fingerprint density at radius 3 is 2.80 bits per heavy atom. The summed E-state index contributed by atoms with van der Waals surface area (Å²) >= 11 is 0. The predicted molar refractivity (Wildman–Crippen MR) is 71.8 cm³/mol. The zero-order valence-corrected chi connectivity index (χ0v) is 11.7. The van der Waals surface area contributed by atoms with E-state index in [-0.39, 0.29) is 18.3 Å². The van der Waals surface area contributed by atoms with E-state index in [9.17, 15) is 0 Å². The Balaban J connectivity index is 1.82. The SMILES string of the molecule is C=C[C@H]1O[C@@]2(OCc3ccccc32)[C@@H]2OC(C)(C)O[C@@H]21. The van der Waals surface area contributed by atoms with Crippen LogP contribution in [0.2, 0.25) is 0 Å². The number of hydrogen-bond acceptors (Lipinski definition) is 4. The largest absolute Gasteiger partial charge is 0.341 e. The van der Waals surface area contributed by atoms with Gasteiger partial charge >= 0.3 is 0 Å². The highest BCUT2D eigenvalue weighted by Gasteiger charge is 2.65. The van der Waals surface area contributed by atoms with Gasteiger partial charge in [0.05, 0.1) is 6.61 Å². The van der Waals surface area contributed by atoms with E-state index in [1.54, 1.807) is 6.08 Å². The van der Waals surface area contributed by atoms with Gasteiger partial charge in [-0.2, -0.15) is 0 Å². The van der Waals surface area contributed by atoms with Crippen LogP contribution in [0.4, 0.5) is 0 Å². The zero-order valence-electron chi connectivity index (χ0n) is 11.7. The second-order valence-electron chi connectivity index (χ2n) is 5.95. The van der Waals surface area contributed by atoms with E-state index >= 15 is 0 Å². The highest BCUT2D eigenvalue weighted by Crippen LogP contribution is 2.53. The van der Waals surface area contributed by atoms with Crippen LogP contribution in [-0.2, 0) is 31.3 Å². The van der Waals surface area contributed by atoms with Crippen molar-refractivity contribution in [3.8, 4) is 0 Å². The lowest BCUT2D eigenvalue weighted by molar-refractivity contribution is -0.290. The molecule has 0 aromatic heterocycles. The van der Waals surface area contributed by atoms with Crippen LogP contribution in [0.5, 0.6) is 0 Å². The fourth-order valence-corrected chi connectivity index (χ4v) is 3.42. The maximum Gasteiger partial charge on any atom is 0.226 e. The van der Waals surface area contributed by atoms with Gasteiger partial charge in [0.1, 0.15) is 18.3 Å². The van der Waals surface area contributed by atoms with Crippen molar-refractivity contribution in [3.63, 3.8) is 0 Å². The molecule has 2 saturated heterocycles. The van der Waals surface area contributed by atoms with E-state index in [1.165, 1.54) is 0 Å². The molecule has 4 nitrogen and oxygen atoms in total. The summed E-state index contributed by atoms with van der Waals surface area (Å²) in [7, 11) is 0. The lowest BCUT2D eigenvalue weighted by atomic mass is 9.96. The van der Waals surface area contributed by atoms with Crippen molar-refractivity contribution >= 4 is 0 Å². The highest BCUT2D eigenvalue weighted by atomic mass is 16.8. The van der Waals surface area contributed by atoms with Crippen LogP contribution in [0.25, 0.3) is 0 Å². The normalized spacial score (nSPS) is 40.8. The van der Waals surface area contributed by atoms with E-state index in [2.05, 4.69) is 12.6 Å². The molecule has 0 N–H and O–H groups in total. The summed E-state index contributed by atoms with van der Waals surface area (Å²) in [6.07, 6.45) is 1.08. The molecule has 0 unspecified atom stereocenters. The summed E-state index contributed by atoms with van der Waals surface area (Å²) in [5, 5.41) is 0. The molecular weight excluding hydrogens is 256 g/mol. The van der Waals surface area contributed by atoms with Crippen molar-refractivity contribution < 1.29 is 18.9 Å². The minimum Gasteiger partial charge on any atom is -0.341 e. The quantitative estimate of drug-likeness (QED) is 0.737. The number of ether oxygens (including phenoxy) is 4. The molecule has 1 aromatic carbocycles. The fourth-order valence-electron chi connectivity index (χ4n) is 3.42. The summed E-state index contributed by atoms with van der Waals surface area (Å²) < 4.78 is 24.3. The predicted octanol–water partition coefficient (Wildman–Crippen LogP) is 2.47. The first-order chi connectivity index (χ1) is 9.56. The molecule has 1 spiro atoms. The monoisotopic (exact) mass is 274 g/mol. The van der Waals surface area contributed by atoms with Gasteiger partial charge in [-0.05, 0) is 19.4 Å². The average molecular weight is 274 g/mol. The smallest absolute Gasteiger partial charge is 0.226 e. The van der Waals surface area contributed by atoms with Crippen molar-refractivity contribution in [2.24, 2.45) is 0 Å². The average Bonchev–Trinajstić information content (AvgIpc) is 3.03. The summed E-state index contributed by atoms with van der Waals surface area (Å²) in [4.78, 5) is 0. The minimum atomic E-state index is -0.867. The standard InChI is InChI=1S/C16H18O4/c1-4-12-13-14(20-15(2,3)19-13)16(18-12)11-8-6-5-7-10(11)9-17-16/h4-8,12-14H,1,9H2,2-3H3/t12-,13-,14-,16-/m1/s1. The van der Waals surface area contributed by atoms with Crippen molar-refractivity contribution in [1.82, 2.24) is 0 Å². The van der Waals surface area contributed by atoms with Crippen LogP contribution in [0.15, 0.2) is 36.9 Å². The van der Waals surface area contributed by atoms with Gasteiger partial charge in [0.2, 0.25) is 5.79 Å². The third-order valence-corrected chi connectivity index (χ3v) is 4.21. The van der Waals surface area contributed by atoms with Gasteiger partial charge in [-0.15, -0.1) is 6.58 Å². The fraction of sp³-hybridized carbons (Fsp3) is 0.500. The molecule has 3 heterocycles. The van der Waals surface area contributed by atoms with Crippen LogP contribution in [0.3, 0.4) is 0 Å².